The van der Waals surface area contributed by atoms with Crippen LogP contribution >= 0.6 is 0 Å². The first-order chi connectivity index (χ1) is 65.9. The molecule has 0 bridgehead atoms. The highest BCUT2D eigenvalue weighted by molar-refractivity contribution is 5.82. The summed E-state index contributed by atoms with van der Waals surface area (Å²) in [5.74, 6) is -8.74. The lowest BCUT2D eigenvalue weighted by Gasteiger charge is -2.35. The molecule has 0 saturated heterocycles. The first-order valence-electron chi connectivity index (χ1n) is 45.0. The number of nitrogens with one attached hydrogen (secondary N) is 14. The van der Waals surface area contributed by atoms with E-state index in [1.54, 1.807) is 6.92 Å². The van der Waals surface area contributed by atoms with Gasteiger partial charge in [0, 0.05) is 77.0 Å². The van der Waals surface area contributed by atoms with Crippen molar-refractivity contribution in [3.8, 4) is 0 Å². The Bertz CT molecular complexity index is 2900. The summed E-state index contributed by atoms with van der Waals surface area (Å²) in [6.45, 7) is -11.9. The van der Waals surface area contributed by atoms with Crippen molar-refractivity contribution in [2.75, 3.05) is 258 Å². The molecule has 0 spiro atoms. The first kappa shape index (κ1) is 128. The molecule has 0 aliphatic carbocycles. The highest BCUT2D eigenvalue weighted by Gasteiger charge is 2.41. The van der Waals surface area contributed by atoms with Gasteiger partial charge >= 0.3 is 0 Å². The van der Waals surface area contributed by atoms with Crippen LogP contribution in [0.5, 0.6) is 0 Å². The van der Waals surface area contributed by atoms with E-state index in [0.29, 0.717) is 6.42 Å². The van der Waals surface area contributed by atoms with Gasteiger partial charge in [0.25, 0.3) is 0 Å². The number of amides is 14. The Labute approximate surface area is 796 Å². The quantitative estimate of drug-likeness (QED) is 0.0199. The molecule has 137 heavy (non-hydrogen) atoms. The highest BCUT2D eigenvalue weighted by Crippen LogP contribution is 2.26. The Hall–Kier alpha value is -9.16. The molecule has 0 aliphatic rings. The Kier molecular flexibility index (Phi) is 76.2. The summed E-state index contributed by atoms with van der Waals surface area (Å²) in [4.78, 5) is 210. The Morgan fingerprint density at radius 2 is 0.358 bits per heavy atom. The molecule has 57 heteroatoms. The fraction of sp³-hybridized carbons (Fsp3) is 0.800. The van der Waals surface area contributed by atoms with Gasteiger partial charge in [0.15, 0.2) is 17.2 Å². The van der Waals surface area contributed by atoms with Crippen LogP contribution in [0.2, 0.25) is 0 Å². The minimum absolute atomic E-state index is 0.126. The molecule has 0 fully saturated rings. The van der Waals surface area contributed by atoms with E-state index in [1.807, 2.05) is 0 Å². The van der Waals surface area contributed by atoms with Gasteiger partial charge in [0.2, 0.25) is 82.7 Å². The van der Waals surface area contributed by atoms with Crippen LogP contribution in [0, 0.1) is 5.41 Å². The van der Waals surface area contributed by atoms with Crippen LogP contribution < -0.4 is 138 Å². The summed E-state index contributed by atoms with van der Waals surface area (Å²) in [5.41, 5.74) is 51.5. The zero-order chi connectivity index (χ0) is 102. The monoisotopic (exact) mass is 1980 g/mol. The number of carbonyl (C=O) groups is 16. The summed E-state index contributed by atoms with van der Waals surface area (Å²) in [6, 6.07) is 0. The maximum atomic E-state index is 14.7. The van der Waals surface area contributed by atoms with Crippen molar-refractivity contribution in [1.29, 1.82) is 0 Å². The van der Waals surface area contributed by atoms with Gasteiger partial charge in [-0.25, -0.2) is 0 Å². The van der Waals surface area contributed by atoms with E-state index >= 15 is 0 Å². The Balaban J connectivity index is 8.86. The zero-order valence-corrected chi connectivity index (χ0v) is 78.9. The molecule has 36 N–H and O–H groups in total. The van der Waals surface area contributed by atoms with Crippen molar-refractivity contribution in [3.05, 3.63) is 0 Å². The van der Waals surface area contributed by atoms with Crippen LogP contribution in [-0.4, -0.2) is 375 Å². The number of hydrogen-bond acceptors (Lipinski definition) is 43. The van der Waals surface area contributed by atoms with E-state index in [2.05, 4.69) is 74.4 Å². The van der Waals surface area contributed by atoms with Crippen LogP contribution in [0.4, 0.5) is 0 Å². The lowest BCUT2D eigenvalue weighted by molar-refractivity contribution is -0.169. The molecule has 0 aromatic heterocycles. The number of rotatable bonds is 94. The van der Waals surface area contributed by atoms with E-state index in [-0.39, 0.29) is 229 Å². The lowest BCUT2D eigenvalue weighted by Crippen LogP contribution is -2.58. The number of nitrogens with two attached hydrogens (primary N) is 11. The summed E-state index contributed by atoms with van der Waals surface area (Å²) in [5, 5.41) is 35.1. The molecule has 0 radical (unpaired) electrons. The minimum Gasteiger partial charge on any atom is -0.380 e. The van der Waals surface area contributed by atoms with Crippen molar-refractivity contribution in [3.63, 3.8) is 0 Å². The SMILES string of the molecule is CCCC(=O)CCOC(COCCC(=O)NCN)(COCCC(=O)NCN)NC(=O)CCOCC(COCCC(=O)CC(COCCC(=O)NCN)(COCCC(=O)NCN)OCCC(=O)NCN)(COCCC(=O)NC(COCCC(=O)NCN)(COCCC(=O)NCN)OCCC(=O)NCN)COCCC(=O)NC(COCCC(=O)NCN)(COCCC(=O)NCN)OCCC(=O)NCN. The number of Topliss-reactive ketones (excluding diaryl/α,β-unsaturated/α-hetero) is 2. The molecular formula is C80H155N25O32. The first-order valence-corrected chi connectivity index (χ1v) is 45.0. The van der Waals surface area contributed by atoms with Crippen LogP contribution in [0.25, 0.3) is 0 Å². The molecular weight excluding hydrogens is 1820 g/mol. The van der Waals surface area contributed by atoms with Gasteiger partial charge in [-0.1, -0.05) is 6.92 Å². The summed E-state index contributed by atoms with van der Waals surface area (Å²) < 4.78 is 97.9. The van der Waals surface area contributed by atoms with Crippen molar-refractivity contribution < 1.29 is 153 Å². The average Bonchev–Trinajstić information content (AvgIpc) is 0.866. The fourth-order valence-corrected chi connectivity index (χ4v) is 11.7. The van der Waals surface area contributed by atoms with Crippen molar-refractivity contribution >= 4 is 94.3 Å². The van der Waals surface area contributed by atoms with Crippen molar-refractivity contribution in [1.82, 2.24) is 74.4 Å². The smallest absolute Gasteiger partial charge is 0.224 e. The maximum absolute atomic E-state index is 14.7. The van der Waals surface area contributed by atoms with Crippen LogP contribution in [0.3, 0.4) is 0 Å². The van der Waals surface area contributed by atoms with Crippen LogP contribution in [0.1, 0.15) is 129 Å². The molecule has 792 valence electrons. The van der Waals surface area contributed by atoms with Gasteiger partial charge < -0.3 is 213 Å². The second kappa shape index (κ2) is 81.7. The largest absolute Gasteiger partial charge is 0.380 e. The molecule has 0 aliphatic heterocycles. The minimum atomic E-state index is -1.98. The summed E-state index contributed by atoms with van der Waals surface area (Å²) in [7, 11) is 0. The zero-order valence-electron chi connectivity index (χ0n) is 78.9. The second-order valence-corrected chi connectivity index (χ2v) is 30.2. The third-order valence-electron chi connectivity index (χ3n) is 18.5. The molecule has 0 atom stereocenters. The van der Waals surface area contributed by atoms with Crippen LogP contribution in [0.15, 0.2) is 0 Å². The molecule has 0 unspecified atom stereocenters. The lowest BCUT2D eigenvalue weighted by atomic mass is 9.92. The summed E-state index contributed by atoms with van der Waals surface area (Å²) in [6.07, 6.45) is -4.53. The highest BCUT2D eigenvalue weighted by atomic mass is 16.6. The third-order valence-corrected chi connectivity index (χ3v) is 18.5. The Morgan fingerprint density at radius 3 is 0.569 bits per heavy atom. The Morgan fingerprint density at radius 1 is 0.190 bits per heavy atom. The van der Waals surface area contributed by atoms with Gasteiger partial charge in [-0.3, -0.25) is 76.7 Å². The van der Waals surface area contributed by atoms with Crippen molar-refractivity contribution in [2.45, 2.75) is 152 Å². The molecule has 0 heterocycles. The van der Waals surface area contributed by atoms with E-state index in [0.717, 1.165) is 0 Å². The number of ether oxygens (including phenoxy) is 16. The number of ketones is 2. The van der Waals surface area contributed by atoms with Gasteiger partial charge in [-0.05, 0) is 6.42 Å². The molecule has 14 amide bonds. The molecule has 0 aromatic carbocycles. The van der Waals surface area contributed by atoms with E-state index in [4.69, 9.17) is 139 Å². The fourth-order valence-electron chi connectivity index (χ4n) is 11.7. The number of hydrogen-bond donors (Lipinski definition) is 25. The predicted molar refractivity (Wildman–Crippen MR) is 484 cm³/mol. The van der Waals surface area contributed by atoms with E-state index in [1.165, 1.54) is 0 Å². The molecule has 0 saturated carbocycles. The van der Waals surface area contributed by atoms with Crippen molar-refractivity contribution in [2.24, 2.45) is 68.5 Å². The number of carbonyl (C=O) groups excluding carboxylic acids is 16. The third kappa shape index (κ3) is 67.7. The molecule has 0 aromatic rings. The topological polar surface area (TPSA) is 875 Å². The average molecular weight is 1980 g/mol. The molecule has 0 rings (SSSR count). The van der Waals surface area contributed by atoms with E-state index in [9.17, 15) is 76.7 Å². The maximum Gasteiger partial charge on any atom is 0.224 e. The van der Waals surface area contributed by atoms with Gasteiger partial charge in [-0.2, -0.15) is 0 Å². The normalized spacial score (nSPS) is 11.6. The summed E-state index contributed by atoms with van der Waals surface area (Å²) >= 11 is 0. The van der Waals surface area contributed by atoms with Crippen LogP contribution in [-0.2, 0) is 153 Å². The standard InChI is InChI=1S/C80H155N25O32/c1-2-3-60(106)5-32-135-78(43-128-23-8-64(110)94-51-83,44-129-24-9-65(111)95-52-84)103-73(119)14-29-123-38-76(37-122-20-4-61(107)36-77(134-33-17-70(116)100-57-89,41-126-21-6-62(108)92-49-81)42-127-22-7-63(109)93-50-82,39-124-30-15-74(120)104-79(136-34-18-71(117)101-58-90,45-130-25-10-66(112)96-53-85)46-131-26-11-67(113)97-54-86)40-125-31-16-75(121)105-80(137-35-19-72(118)102-59-91,47-132-27-12-68(114)98-55-87)48-133-28-13-69(115)99-56-88/h2-59,81-91H2,1H3,(H,92,108)(H,93,109)(H,94,110)(H,95,111)(H,96,112)(H,97,113)(H,98,114)(H,99,115)(H,100,116)(H,101,117)(H,102,118)(H,103,119)(H,104,120)(H,105,121). The van der Waals surface area contributed by atoms with E-state index < -0.39 is 268 Å². The predicted octanol–water partition coefficient (Wildman–Crippen LogP) is -12.7. The van der Waals surface area contributed by atoms with Gasteiger partial charge in [0.05, 0.1) is 302 Å². The van der Waals surface area contributed by atoms with Gasteiger partial charge in [0.1, 0.15) is 17.2 Å². The molecule has 57 nitrogen and oxygen atoms in total. The second-order valence-electron chi connectivity index (χ2n) is 30.2. The van der Waals surface area contributed by atoms with Gasteiger partial charge in [-0.15, -0.1) is 0 Å².